The molecular formula is C17H16N2O6S. The summed E-state index contributed by atoms with van der Waals surface area (Å²) < 4.78 is 16.0. The molecule has 1 aromatic carbocycles. The monoisotopic (exact) mass is 376 g/mol. The van der Waals surface area contributed by atoms with Gasteiger partial charge in [-0.2, -0.15) is 0 Å². The van der Waals surface area contributed by atoms with E-state index in [1.165, 1.54) is 16.2 Å². The van der Waals surface area contributed by atoms with Crippen molar-refractivity contribution in [3.63, 3.8) is 0 Å². The smallest absolute Gasteiger partial charge is 0.334 e. The Morgan fingerprint density at radius 1 is 1.27 bits per heavy atom. The van der Waals surface area contributed by atoms with E-state index in [4.69, 9.17) is 19.3 Å². The minimum absolute atomic E-state index is 0.00932. The number of carboxylic acid groups (broad SMARTS) is 1. The highest BCUT2D eigenvalue weighted by Gasteiger charge is 2.33. The summed E-state index contributed by atoms with van der Waals surface area (Å²) in [6, 6.07) is 5.49. The zero-order valence-corrected chi connectivity index (χ0v) is 14.7. The summed E-state index contributed by atoms with van der Waals surface area (Å²) in [5, 5.41) is 11.5. The zero-order chi connectivity index (χ0) is 18.3. The molecule has 26 heavy (non-hydrogen) atoms. The van der Waals surface area contributed by atoms with Gasteiger partial charge in [-0.1, -0.05) is 0 Å². The van der Waals surface area contributed by atoms with E-state index in [1.807, 2.05) is 18.2 Å². The third-order valence-corrected chi connectivity index (χ3v) is 5.06. The molecule has 0 aliphatic carbocycles. The number of hydrogen-bond acceptors (Lipinski definition) is 7. The van der Waals surface area contributed by atoms with Crippen LogP contribution in [0.3, 0.4) is 0 Å². The van der Waals surface area contributed by atoms with E-state index in [-0.39, 0.29) is 25.3 Å². The Balaban J connectivity index is 1.54. The first kappa shape index (κ1) is 16.8. The van der Waals surface area contributed by atoms with Gasteiger partial charge in [-0.15, -0.1) is 11.3 Å². The van der Waals surface area contributed by atoms with Gasteiger partial charge in [0.2, 0.25) is 6.79 Å². The number of ether oxygens (including phenoxy) is 3. The van der Waals surface area contributed by atoms with Crippen LogP contribution in [0.1, 0.15) is 17.4 Å². The average Bonchev–Trinajstić information content (AvgIpc) is 3.29. The predicted molar refractivity (Wildman–Crippen MR) is 91.5 cm³/mol. The highest BCUT2D eigenvalue weighted by atomic mass is 32.1. The third kappa shape index (κ3) is 3.11. The highest BCUT2D eigenvalue weighted by Crippen LogP contribution is 2.36. The summed E-state index contributed by atoms with van der Waals surface area (Å²) >= 11 is 1.35. The average molecular weight is 376 g/mol. The maximum atomic E-state index is 12.7. The summed E-state index contributed by atoms with van der Waals surface area (Å²) in [4.78, 5) is 29.8. The van der Waals surface area contributed by atoms with Crippen molar-refractivity contribution in [3.05, 3.63) is 29.3 Å². The van der Waals surface area contributed by atoms with E-state index in [9.17, 15) is 9.59 Å². The third-order valence-electron chi connectivity index (χ3n) is 4.17. The molecule has 136 valence electrons. The van der Waals surface area contributed by atoms with Crippen LogP contribution in [0.2, 0.25) is 0 Å². The van der Waals surface area contributed by atoms with E-state index < -0.39 is 12.1 Å². The van der Waals surface area contributed by atoms with Crippen molar-refractivity contribution in [2.75, 3.05) is 19.9 Å². The van der Waals surface area contributed by atoms with E-state index in [2.05, 4.69) is 4.98 Å². The molecule has 2 atom stereocenters. The molecule has 1 N–H and O–H groups in total. The van der Waals surface area contributed by atoms with Gasteiger partial charge in [0.25, 0.3) is 5.91 Å². The van der Waals surface area contributed by atoms with Crippen molar-refractivity contribution >= 4 is 23.2 Å². The van der Waals surface area contributed by atoms with Gasteiger partial charge in [0.15, 0.2) is 17.6 Å². The van der Waals surface area contributed by atoms with Crippen LogP contribution >= 0.6 is 11.3 Å². The SMILES string of the molecule is C[C@@H]1CN(C(=O)c2csc(-c3ccc4c(c3)OCO4)n2)CC(C(=O)O)O1. The van der Waals surface area contributed by atoms with Crippen molar-refractivity contribution in [2.24, 2.45) is 0 Å². The standard InChI is InChI=1S/C17H16N2O6S/c1-9-5-19(6-14(25-9)17(21)22)16(20)11-7-26-15(18-11)10-2-3-12-13(4-10)24-8-23-12/h2-4,7,9,14H,5-6,8H2,1H3,(H,21,22)/t9-,14?/m1/s1. The molecule has 0 spiro atoms. The normalized spacial score (nSPS) is 21.7. The van der Waals surface area contributed by atoms with Crippen molar-refractivity contribution in [1.29, 1.82) is 0 Å². The summed E-state index contributed by atoms with van der Waals surface area (Å²) in [7, 11) is 0. The van der Waals surface area contributed by atoms with E-state index >= 15 is 0 Å². The Morgan fingerprint density at radius 2 is 2.08 bits per heavy atom. The number of carbonyl (C=O) groups excluding carboxylic acids is 1. The van der Waals surface area contributed by atoms with Crippen LogP contribution in [0.4, 0.5) is 0 Å². The highest BCUT2D eigenvalue weighted by molar-refractivity contribution is 7.13. The molecule has 4 rings (SSSR count). The number of benzene rings is 1. The summed E-state index contributed by atoms with van der Waals surface area (Å²) in [5.41, 5.74) is 1.12. The van der Waals surface area contributed by atoms with Gasteiger partial charge < -0.3 is 24.2 Å². The Labute approximate surface area is 152 Å². The lowest BCUT2D eigenvalue weighted by molar-refractivity contribution is -0.160. The van der Waals surface area contributed by atoms with Crippen LogP contribution in [0.25, 0.3) is 10.6 Å². The molecule has 2 aliphatic heterocycles. The van der Waals surface area contributed by atoms with Crippen LogP contribution in [-0.4, -0.2) is 59.0 Å². The minimum Gasteiger partial charge on any atom is -0.479 e. The van der Waals surface area contributed by atoms with Crippen molar-refractivity contribution in [3.8, 4) is 22.1 Å². The Hall–Kier alpha value is -2.65. The molecular weight excluding hydrogens is 360 g/mol. The molecule has 0 bridgehead atoms. The van der Waals surface area contributed by atoms with E-state index in [1.54, 1.807) is 12.3 Å². The first-order valence-electron chi connectivity index (χ1n) is 8.04. The number of amides is 1. The second-order valence-electron chi connectivity index (χ2n) is 6.09. The number of nitrogens with zero attached hydrogens (tertiary/aromatic N) is 2. The molecule has 2 aromatic rings. The fourth-order valence-electron chi connectivity index (χ4n) is 2.95. The second kappa shape index (κ2) is 6.58. The first-order valence-corrected chi connectivity index (χ1v) is 8.92. The number of hydrogen-bond donors (Lipinski definition) is 1. The molecule has 1 amide bonds. The minimum atomic E-state index is -1.08. The number of carboxylic acids is 1. The molecule has 1 saturated heterocycles. The number of aliphatic carboxylic acids is 1. The fourth-order valence-corrected chi connectivity index (χ4v) is 3.74. The second-order valence-corrected chi connectivity index (χ2v) is 6.95. The van der Waals surface area contributed by atoms with E-state index in [0.29, 0.717) is 28.7 Å². The van der Waals surface area contributed by atoms with Gasteiger partial charge in [-0.25, -0.2) is 9.78 Å². The summed E-state index contributed by atoms with van der Waals surface area (Å²) in [6.45, 7) is 2.28. The molecule has 1 fully saturated rings. The van der Waals surface area contributed by atoms with Gasteiger partial charge in [-0.05, 0) is 25.1 Å². The van der Waals surface area contributed by atoms with Gasteiger partial charge in [0, 0.05) is 17.5 Å². The molecule has 1 unspecified atom stereocenters. The Morgan fingerprint density at radius 3 is 2.88 bits per heavy atom. The van der Waals surface area contributed by atoms with Crippen LogP contribution in [0.5, 0.6) is 11.5 Å². The number of aromatic nitrogens is 1. The van der Waals surface area contributed by atoms with Crippen molar-refractivity contribution < 1.29 is 28.9 Å². The Kier molecular flexibility index (Phi) is 4.25. The molecule has 8 nitrogen and oxygen atoms in total. The molecule has 0 saturated carbocycles. The quantitative estimate of drug-likeness (QED) is 0.873. The lowest BCUT2D eigenvalue weighted by Gasteiger charge is -2.34. The number of fused-ring (bicyclic) bond motifs is 1. The van der Waals surface area contributed by atoms with Crippen molar-refractivity contribution in [1.82, 2.24) is 9.88 Å². The van der Waals surface area contributed by atoms with Crippen LogP contribution in [0.15, 0.2) is 23.6 Å². The number of carbonyl (C=O) groups is 2. The maximum Gasteiger partial charge on any atom is 0.334 e. The fraction of sp³-hybridized carbons (Fsp3) is 0.353. The summed E-state index contributed by atoms with van der Waals surface area (Å²) in [6.07, 6.45) is -1.37. The largest absolute Gasteiger partial charge is 0.479 e. The molecule has 0 radical (unpaired) electrons. The molecule has 1 aromatic heterocycles. The van der Waals surface area contributed by atoms with Gasteiger partial charge in [0.05, 0.1) is 12.6 Å². The van der Waals surface area contributed by atoms with Crippen LogP contribution in [0, 0.1) is 0 Å². The van der Waals surface area contributed by atoms with Crippen LogP contribution < -0.4 is 9.47 Å². The molecule has 3 heterocycles. The number of thiazole rings is 1. The van der Waals surface area contributed by atoms with E-state index in [0.717, 1.165) is 5.56 Å². The number of morpholine rings is 1. The lowest BCUT2D eigenvalue weighted by atomic mass is 10.2. The van der Waals surface area contributed by atoms with Crippen LogP contribution in [-0.2, 0) is 9.53 Å². The summed E-state index contributed by atoms with van der Waals surface area (Å²) in [5.74, 6) is -0.0381. The predicted octanol–water partition coefficient (Wildman–Crippen LogP) is 1.85. The topological polar surface area (TPSA) is 98.2 Å². The molecule has 2 aliphatic rings. The first-order chi connectivity index (χ1) is 12.5. The van der Waals surface area contributed by atoms with Gasteiger partial charge in [-0.3, -0.25) is 4.79 Å². The molecule has 9 heteroatoms. The zero-order valence-electron chi connectivity index (χ0n) is 13.9. The maximum absolute atomic E-state index is 12.7. The lowest BCUT2D eigenvalue weighted by Crippen LogP contribution is -2.51. The van der Waals surface area contributed by atoms with Gasteiger partial charge in [0.1, 0.15) is 10.7 Å². The van der Waals surface area contributed by atoms with Gasteiger partial charge >= 0.3 is 5.97 Å². The number of rotatable bonds is 3. The Bertz CT molecular complexity index is 867. The van der Waals surface area contributed by atoms with Crippen molar-refractivity contribution in [2.45, 2.75) is 19.1 Å².